The largest absolute Gasteiger partial charge is 0.338 e. The average Bonchev–Trinajstić information content (AvgIpc) is 1.79. The van der Waals surface area contributed by atoms with E-state index in [9.17, 15) is 0 Å². The Morgan fingerprint density at radius 2 is 0.448 bits per heavy atom. The number of allylic oxidation sites excluding steroid dienone is 8. The van der Waals surface area contributed by atoms with Crippen LogP contribution in [0.25, 0.3) is 67.9 Å². The monoisotopic (exact) mass is 1780 g/mol. The lowest BCUT2D eigenvalue weighted by Gasteiger charge is -2.12. The van der Waals surface area contributed by atoms with Gasteiger partial charge in [-0.25, -0.2) is 0 Å². The molecule has 0 aliphatic carbocycles. The first-order chi connectivity index (χ1) is 45.3. The summed E-state index contributed by atoms with van der Waals surface area (Å²) < 4.78 is 0. The topological polar surface area (TPSA) is 64.5 Å². The second-order valence-electron chi connectivity index (χ2n) is 21.6. The van der Waals surface area contributed by atoms with E-state index < -0.39 is 0 Å². The average molecular weight is 1780 g/mol. The molecular formula is C80H68I4N8S4. The molecule has 4 aliphatic heterocycles. The van der Waals surface area contributed by atoms with Gasteiger partial charge in [-0.05, 0) is 144 Å². The first-order valence-electron chi connectivity index (χ1n) is 30.2. The summed E-state index contributed by atoms with van der Waals surface area (Å²) >= 11 is 7.23. The van der Waals surface area contributed by atoms with Gasteiger partial charge in [-0.1, -0.05) is 217 Å². The van der Waals surface area contributed by atoms with Gasteiger partial charge in [0.15, 0.2) is 0 Å². The van der Waals surface area contributed by atoms with Crippen molar-refractivity contribution in [2.75, 3.05) is 47.8 Å². The number of rotatable bonds is 8. The quantitative estimate of drug-likeness (QED) is 0.136. The number of aromatic nitrogens is 4. The normalized spacial score (nSPS) is 15.0. The minimum atomic E-state index is 0. The maximum absolute atomic E-state index is 4.40. The molecule has 4 aliphatic rings. The van der Waals surface area contributed by atoms with E-state index in [1.807, 2.05) is 73.3 Å². The summed E-state index contributed by atoms with van der Waals surface area (Å²) in [6.45, 7) is 0. The molecule has 12 aromatic rings. The Bertz CT molecular complexity index is 4330. The molecule has 0 saturated heterocycles. The van der Waals surface area contributed by atoms with E-state index in [2.05, 4.69) is 310 Å². The van der Waals surface area contributed by atoms with Gasteiger partial charge in [0.25, 0.3) is 0 Å². The lowest BCUT2D eigenvalue weighted by Crippen LogP contribution is -2.08. The molecular weight excluding hydrogens is 1710 g/mol. The summed E-state index contributed by atoms with van der Waals surface area (Å²) in [4.78, 5) is 31.8. The van der Waals surface area contributed by atoms with Crippen molar-refractivity contribution in [3.8, 4) is 0 Å². The van der Waals surface area contributed by atoms with Crippen molar-refractivity contribution >= 4 is 234 Å². The molecule has 0 spiro atoms. The van der Waals surface area contributed by atoms with Crippen LogP contribution < -0.4 is 19.6 Å². The Kier molecular flexibility index (Phi) is 26.9. The van der Waals surface area contributed by atoms with Crippen LogP contribution in [0.2, 0.25) is 0 Å². The predicted molar refractivity (Wildman–Crippen MR) is 460 cm³/mol. The summed E-state index contributed by atoms with van der Waals surface area (Å²) in [5, 5.41) is 9.67. The zero-order valence-electron chi connectivity index (χ0n) is 52.9. The third-order valence-corrected chi connectivity index (χ3v) is 20.6. The fourth-order valence-corrected chi connectivity index (χ4v) is 15.3. The molecule has 0 unspecified atom stereocenters. The number of hydrogen-bond acceptors (Lipinski definition) is 12. The van der Waals surface area contributed by atoms with E-state index >= 15 is 0 Å². The summed E-state index contributed by atoms with van der Waals surface area (Å²) in [7, 11) is 8.45. The SMILES string of the molecule is CN1C(=CC=Cc2ccnc3ccccc23)Sc2ccccc21.CN1C(=CC=Cc2ccnc3ccccc23)Sc2ccccc21.CN1C(=CC=Cc2ccnc3ccccc23)Sc2ccccc21.CN1C(=CC=Cc2ccnc3ccccc23)Sc2ccccc21.I.I.I.I. The maximum Gasteiger partial charge on any atom is 0.0798 e. The molecule has 16 heteroatoms. The number of halogens is 4. The zero-order chi connectivity index (χ0) is 62.6. The van der Waals surface area contributed by atoms with Gasteiger partial charge < -0.3 is 19.6 Å². The fraction of sp³-hybridized carbons (Fsp3) is 0.0500. The highest BCUT2D eigenvalue weighted by molar-refractivity contribution is 14.0. The Balaban J connectivity index is 0.000000148. The number of fused-ring (bicyclic) bond motifs is 8. The van der Waals surface area contributed by atoms with Crippen LogP contribution in [0.1, 0.15) is 22.3 Å². The van der Waals surface area contributed by atoms with Crippen LogP contribution in [0, 0.1) is 0 Å². The van der Waals surface area contributed by atoms with Gasteiger partial charge in [-0.15, -0.1) is 95.9 Å². The smallest absolute Gasteiger partial charge is 0.0798 e. The van der Waals surface area contributed by atoms with Crippen molar-refractivity contribution in [1.82, 2.24) is 19.9 Å². The van der Waals surface area contributed by atoms with Gasteiger partial charge in [-0.2, -0.15) is 0 Å². The number of pyridine rings is 4. The Morgan fingerprint density at radius 1 is 0.250 bits per heavy atom. The Labute approximate surface area is 647 Å². The molecule has 0 saturated carbocycles. The van der Waals surface area contributed by atoms with Crippen molar-refractivity contribution in [2.45, 2.75) is 19.6 Å². The van der Waals surface area contributed by atoms with E-state index in [4.69, 9.17) is 0 Å². The molecule has 0 N–H and O–H groups in total. The minimum Gasteiger partial charge on any atom is -0.338 e. The second kappa shape index (κ2) is 35.4. The van der Waals surface area contributed by atoms with E-state index in [0.29, 0.717) is 0 Å². The molecule has 8 heterocycles. The molecule has 0 bridgehead atoms. The first kappa shape index (κ1) is 73.1. The van der Waals surface area contributed by atoms with Crippen LogP contribution in [0.5, 0.6) is 0 Å². The van der Waals surface area contributed by atoms with Crippen molar-refractivity contribution in [3.05, 3.63) is 334 Å². The van der Waals surface area contributed by atoms with Crippen molar-refractivity contribution in [3.63, 3.8) is 0 Å². The number of thioether (sulfide) groups is 4. The molecule has 96 heavy (non-hydrogen) atoms. The van der Waals surface area contributed by atoms with Crippen LogP contribution in [0.15, 0.2) is 331 Å². The molecule has 0 amide bonds. The first-order valence-corrected chi connectivity index (χ1v) is 33.5. The maximum atomic E-state index is 4.40. The van der Waals surface area contributed by atoms with E-state index in [1.165, 1.54) is 106 Å². The standard InChI is InChI=1S/4C20H16N2S.4HI/c4*1-22-18-10-4-5-11-19(18)23-20(22)12-6-7-15-13-14-21-17-9-3-2-8-16(15)17;;;;/h4*2-14H,1H3;4*1H. The lowest BCUT2D eigenvalue weighted by molar-refractivity contribution is 1.17. The molecule has 0 atom stereocenters. The van der Waals surface area contributed by atoms with Gasteiger partial charge in [0, 0.05) is 94.1 Å². The van der Waals surface area contributed by atoms with Crippen LogP contribution in [-0.4, -0.2) is 48.1 Å². The number of anilines is 4. The lowest BCUT2D eigenvalue weighted by atomic mass is 10.1. The van der Waals surface area contributed by atoms with E-state index in [0.717, 1.165) is 22.1 Å². The molecule has 0 fully saturated rings. The van der Waals surface area contributed by atoms with E-state index in [-0.39, 0.29) is 95.9 Å². The highest BCUT2D eigenvalue weighted by atomic mass is 127. The second-order valence-corrected chi connectivity index (χ2v) is 25.9. The van der Waals surface area contributed by atoms with Gasteiger partial charge in [0.2, 0.25) is 0 Å². The predicted octanol–water partition coefficient (Wildman–Crippen LogP) is 23.8. The van der Waals surface area contributed by atoms with Crippen LogP contribution in [-0.2, 0) is 0 Å². The Hall–Kier alpha value is -7.16. The number of nitrogens with zero attached hydrogens (tertiary/aromatic N) is 8. The van der Waals surface area contributed by atoms with Crippen molar-refractivity contribution in [1.29, 1.82) is 0 Å². The Morgan fingerprint density at radius 3 is 0.667 bits per heavy atom. The number of para-hydroxylation sites is 8. The minimum absolute atomic E-state index is 0. The van der Waals surface area contributed by atoms with Gasteiger partial charge in [0.05, 0.1) is 64.9 Å². The van der Waals surface area contributed by atoms with Gasteiger partial charge in [-0.3, -0.25) is 19.9 Å². The number of hydrogen-bond donors (Lipinski definition) is 0. The molecule has 4 aromatic heterocycles. The zero-order valence-corrected chi connectivity index (χ0v) is 65.5. The van der Waals surface area contributed by atoms with Crippen molar-refractivity contribution < 1.29 is 0 Å². The molecule has 480 valence electrons. The fourth-order valence-electron chi connectivity index (χ4n) is 11.1. The van der Waals surface area contributed by atoms with Crippen LogP contribution in [0.3, 0.4) is 0 Å². The summed E-state index contributed by atoms with van der Waals surface area (Å²) in [6, 6.07) is 75.1. The summed E-state index contributed by atoms with van der Waals surface area (Å²) in [5.41, 5.74) is 14.0. The summed E-state index contributed by atoms with van der Waals surface area (Å²) in [5.74, 6) is 0. The van der Waals surface area contributed by atoms with Crippen molar-refractivity contribution in [2.24, 2.45) is 0 Å². The summed E-state index contributed by atoms with van der Waals surface area (Å²) in [6.07, 6.45) is 33.2. The van der Waals surface area contributed by atoms with Crippen LogP contribution >= 0.6 is 143 Å². The molecule has 8 nitrogen and oxygen atoms in total. The molecule has 16 rings (SSSR count). The molecule has 8 aromatic carbocycles. The molecule has 0 radical (unpaired) electrons. The van der Waals surface area contributed by atoms with E-state index in [1.54, 1.807) is 47.0 Å². The highest BCUT2D eigenvalue weighted by Crippen LogP contribution is 2.48. The van der Waals surface area contributed by atoms with Gasteiger partial charge in [0.1, 0.15) is 0 Å². The van der Waals surface area contributed by atoms with Gasteiger partial charge >= 0.3 is 0 Å². The van der Waals surface area contributed by atoms with Crippen LogP contribution in [0.4, 0.5) is 22.7 Å². The third kappa shape index (κ3) is 17.2. The highest BCUT2D eigenvalue weighted by Gasteiger charge is 2.23. The number of benzene rings is 8. The third-order valence-electron chi connectivity index (χ3n) is 15.9.